The number of allylic oxidation sites excluding steroid dienone is 12. The Morgan fingerprint density at radius 1 is 0.397 bits per heavy atom. The molecule has 0 aromatic heterocycles. The number of carbonyl (C=O) groups is 1. The number of unbranched alkanes of at least 4 members (excludes halogenated alkanes) is 27. The standard InChI is InChI=1S/C63H115NO4/c1-6-9-12-15-18-21-24-27-30-33-36-39-42-45-48-51-55-61(68-63(65)56-54-57-64(4)5)62(67-59-53-50-47-44-41-38-35-32-29-26-23-20-17-14-11-8-3)60-66-58-52-49-46-43-40-37-34-31-28-25-22-19-16-13-10-7-2/h18-23,27-32,61-62H,6-17,24-26,33-60H2,1-5H3/b21-18-,22-19-,23-20-,30-27-,31-28-,32-29-. The van der Waals surface area contributed by atoms with Crippen molar-refractivity contribution in [2.45, 2.75) is 283 Å². The second kappa shape index (κ2) is 57.4. The van der Waals surface area contributed by atoms with E-state index in [2.05, 4.69) is 113 Å². The molecule has 0 aromatic rings. The summed E-state index contributed by atoms with van der Waals surface area (Å²) in [6, 6.07) is 0. The molecule has 0 saturated heterocycles. The average molecular weight is 951 g/mol. The SMILES string of the molecule is CCCCC/C=C\C/C=C\CCCCCCCCOCC(OCCCCCCCC/C=C\C/C=C\CCCCC)C(CCCCCCCC/C=C\C/C=C\CCCCC)OC(=O)CCCN(C)C. The average Bonchev–Trinajstić information content (AvgIpc) is 3.33. The van der Waals surface area contributed by atoms with Gasteiger partial charge in [0.05, 0.1) is 6.61 Å². The molecule has 0 rings (SSSR count). The summed E-state index contributed by atoms with van der Waals surface area (Å²) < 4.78 is 19.3. The summed E-state index contributed by atoms with van der Waals surface area (Å²) in [6.07, 6.45) is 74.0. The van der Waals surface area contributed by atoms with Crippen molar-refractivity contribution in [2.75, 3.05) is 40.5 Å². The Hall–Kier alpha value is -2.21. The van der Waals surface area contributed by atoms with Crippen LogP contribution >= 0.6 is 0 Å². The first-order chi connectivity index (χ1) is 33.5. The Morgan fingerprint density at radius 2 is 0.750 bits per heavy atom. The van der Waals surface area contributed by atoms with E-state index in [1.54, 1.807) is 0 Å². The van der Waals surface area contributed by atoms with E-state index in [0.717, 1.165) is 64.5 Å². The van der Waals surface area contributed by atoms with E-state index in [1.165, 1.54) is 193 Å². The second-order valence-electron chi connectivity index (χ2n) is 20.0. The maximum atomic E-state index is 13.2. The molecular weight excluding hydrogens is 835 g/mol. The van der Waals surface area contributed by atoms with E-state index in [9.17, 15) is 4.79 Å². The van der Waals surface area contributed by atoms with E-state index in [1.807, 2.05) is 0 Å². The molecular formula is C63H115NO4. The van der Waals surface area contributed by atoms with Gasteiger partial charge in [-0.05, 0) is 149 Å². The lowest BCUT2D eigenvalue weighted by Crippen LogP contribution is -2.38. The largest absolute Gasteiger partial charge is 0.459 e. The molecule has 0 amide bonds. The number of ether oxygens (including phenoxy) is 3. The Bertz CT molecular complexity index is 1180. The fourth-order valence-corrected chi connectivity index (χ4v) is 8.40. The maximum absolute atomic E-state index is 13.2. The van der Waals surface area contributed by atoms with Crippen molar-refractivity contribution in [2.24, 2.45) is 0 Å². The monoisotopic (exact) mass is 950 g/mol. The molecule has 0 aliphatic heterocycles. The van der Waals surface area contributed by atoms with Crippen molar-refractivity contribution < 1.29 is 19.0 Å². The third kappa shape index (κ3) is 53.1. The number of esters is 1. The van der Waals surface area contributed by atoms with Gasteiger partial charge in [0.25, 0.3) is 0 Å². The minimum Gasteiger partial charge on any atom is -0.459 e. The summed E-state index contributed by atoms with van der Waals surface area (Å²) >= 11 is 0. The quantitative estimate of drug-likeness (QED) is 0.0345. The third-order valence-electron chi connectivity index (χ3n) is 12.8. The van der Waals surface area contributed by atoms with Crippen LogP contribution < -0.4 is 0 Å². The van der Waals surface area contributed by atoms with Crippen LogP contribution in [0.2, 0.25) is 0 Å². The van der Waals surface area contributed by atoms with Crippen LogP contribution in [0.4, 0.5) is 0 Å². The van der Waals surface area contributed by atoms with E-state index in [-0.39, 0.29) is 18.2 Å². The molecule has 0 heterocycles. The summed E-state index contributed by atoms with van der Waals surface area (Å²) in [5.74, 6) is -0.0932. The molecule has 68 heavy (non-hydrogen) atoms. The van der Waals surface area contributed by atoms with Gasteiger partial charge in [-0.1, -0.05) is 209 Å². The molecule has 0 radical (unpaired) electrons. The predicted molar refractivity (Wildman–Crippen MR) is 301 cm³/mol. The van der Waals surface area contributed by atoms with Crippen molar-refractivity contribution in [1.29, 1.82) is 0 Å². The Kier molecular flexibility index (Phi) is 55.5. The van der Waals surface area contributed by atoms with Gasteiger partial charge in [0, 0.05) is 19.6 Å². The highest BCUT2D eigenvalue weighted by Crippen LogP contribution is 2.19. The predicted octanol–water partition coefficient (Wildman–Crippen LogP) is 19.5. The molecule has 2 unspecified atom stereocenters. The topological polar surface area (TPSA) is 48.0 Å². The van der Waals surface area contributed by atoms with Crippen LogP contribution in [0, 0.1) is 0 Å². The van der Waals surface area contributed by atoms with Crippen LogP contribution in [-0.2, 0) is 19.0 Å². The fourth-order valence-electron chi connectivity index (χ4n) is 8.40. The van der Waals surface area contributed by atoms with Gasteiger partial charge in [0.2, 0.25) is 0 Å². The molecule has 2 atom stereocenters. The van der Waals surface area contributed by atoms with E-state index in [4.69, 9.17) is 14.2 Å². The highest BCUT2D eigenvalue weighted by molar-refractivity contribution is 5.69. The Morgan fingerprint density at radius 3 is 1.15 bits per heavy atom. The van der Waals surface area contributed by atoms with Crippen LogP contribution in [0.25, 0.3) is 0 Å². The van der Waals surface area contributed by atoms with E-state index in [0.29, 0.717) is 19.6 Å². The van der Waals surface area contributed by atoms with Gasteiger partial charge in [-0.25, -0.2) is 0 Å². The van der Waals surface area contributed by atoms with Gasteiger partial charge in [-0.3, -0.25) is 4.79 Å². The van der Waals surface area contributed by atoms with Gasteiger partial charge in [-0.2, -0.15) is 0 Å². The fraction of sp³-hybridized carbons (Fsp3) is 0.794. The van der Waals surface area contributed by atoms with E-state index < -0.39 is 0 Å². The van der Waals surface area contributed by atoms with Gasteiger partial charge in [0.1, 0.15) is 12.2 Å². The summed E-state index contributed by atoms with van der Waals surface area (Å²) in [6.45, 7) is 9.62. The molecule has 0 fully saturated rings. The number of carbonyl (C=O) groups excluding carboxylic acids is 1. The smallest absolute Gasteiger partial charge is 0.306 e. The van der Waals surface area contributed by atoms with Crippen molar-refractivity contribution in [3.8, 4) is 0 Å². The van der Waals surface area contributed by atoms with Crippen molar-refractivity contribution in [3.63, 3.8) is 0 Å². The lowest BCUT2D eigenvalue weighted by Gasteiger charge is -2.28. The van der Waals surface area contributed by atoms with Gasteiger partial charge >= 0.3 is 5.97 Å². The van der Waals surface area contributed by atoms with Crippen molar-refractivity contribution in [3.05, 3.63) is 72.9 Å². The number of nitrogens with zero attached hydrogens (tertiary/aromatic N) is 1. The number of rotatable bonds is 54. The summed E-state index contributed by atoms with van der Waals surface area (Å²) in [4.78, 5) is 15.4. The number of hydrogen-bond donors (Lipinski definition) is 0. The second-order valence-corrected chi connectivity index (χ2v) is 20.0. The molecule has 0 aromatic carbocycles. The molecule has 0 spiro atoms. The Labute approximate surface area is 424 Å². The molecule has 0 N–H and O–H groups in total. The molecule has 0 aliphatic carbocycles. The van der Waals surface area contributed by atoms with Gasteiger partial charge < -0.3 is 19.1 Å². The minimum absolute atomic E-state index is 0.0932. The minimum atomic E-state index is -0.256. The zero-order valence-electron chi connectivity index (χ0n) is 46.1. The lowest BCUT2D eigenvalue weighted by molar-refractivity contribution is -0.162. The molecule has 0 aliphatic rings. The first kappa shape index (κ1) is 65.8. The third-order valence-corrected chi connectivity index (χ3v) is 12.8. The zero-order valence-corrected chi connectivity index (χ0v) is 46.1. The number of hydrogen-bond acceptors (Lipinski definition) is 5. The van der Waals surface area contributed by atoms with Crippen molar-refractivity contribution in [1.82, 2.24) is 4.90 Å². The maximum Gasteiger partial charge on any atom is 0.306 e. The summed E-state index contributed by atoms with van der Waals surface area (Å²) in [5.41, 5.74) is 0. The summed E-state index contributed by atoms with van der Waals surface area (Å²) in [7, 11) is 4.12. The van der Waals surface area contributed by atoms with Gasteiger partial charge in [-0.15, -0.1) is 0 Å². The molecule has 5 nitrogen and oxygen atoms in total. The first-order valence-corrected chi connectivity index (χ1v) is 29.5. The van der Waals surface area contributed by atoms with E-state index >= 15 is 0 Å². The highest BCUT2D eigenvalue weighted by atomic mass is 16.6. The van der Waals surface area contributed by atoms with Gasteiger partial charge in [0.15, 0.2) is 0 Å². The van der Waals surface area contributed by atoms with Crippen LogP contribution in [-0.4, -0.2) is 63.5 Å². The van der Waals surface area contributed by atoms with Crippen molar-refractivity contribution >= 4 is 5.97 Å². The molecule has 0 bridgehead atoms. The lowest BCUT2D eigenvalue weighted by atomic mass is 10.0. The molecule has 0 saturated carbocycles. The van der Waals surface area contributed by atoms with Crippen LogP contribution in [0.5, 0.6) is 0 Å². The normalized spacial score (nSPS) is 13.4. The highest BCUT2D eigenvalue weighted by Gasteiger charge is 2.26. The van der Waals surface area contributed by atoms with Crippen LogP contribution in [0.3, 0.4) is 0 Å². The van der Waals surface area contributed by atoms with Crippen LogP contribution in [0.15, 0.2) is 72.9 Å². The molecule has 396 valence electrons. The summed E-state index contributed by atoms with van der Waals surface area (Å²) in [5, 5.41) is 0. The Balaban J connectivity index is 4.94. The van der Waals surface area contributed by atoms with Crippen LogP contribution in [0.1, 0.15) is 271 Å². The molecule has 5 heteroatoms. The first-order valence-electron chi connectivity index (χ1n) is 29.5. The zero-order chi connectivity index (χ0) is 49.3.